The van der Waals surface area contributed by atoms with E-state index in [1.54, 1.807) is 0 Å². The molecule has 0 aromatic heterocycles. The second kappa shape index (κ2) is 5.31. The van der Waals surface area contributed by atoms with Gasteiger partial charge in [0.1, 0.15) is 11.6 Å². The van der Waals surface area contributed by atoms with Crippen LogP contribution in [-0.4, -0.2) is 5.11 Å². The average molecular weight is 276 g/mol. The maximum absolute atomic E-state index is 13.1. The van der Waals surface area contributed by atoms with E-state index in [2.05, 4.69) is 0 Å². The molecule has 1 atom stereocenters. The molecule has 4 heteroatoms. The molecule has 0 saturated heterocycles. The summed E-state index contributed by atoms with van der Waals surface area (Å²) >= 11 is 0. The van der Waals surface area contributed by atoms with Gasteiger partial charge in [-0.15, -0.1) is 0 Å². The van der Waals surface area contributed by atoms with Crippen LogP contribution in [0.3, 0.4) is 0 Å². The van der Waals surface area contributed by atoms with Gasteiger partial charge in [-0.2, -0.15) is 0 Å². The molecule has 0 fully saturated rings. The van der Waals surface area contributed by atoms with Gasteiger partial charge in [0.05, 0.1) is 19.3 Å². The summed E-state index contributed by atoms with van der Waals surface area (Å²) in [6.07, 6.45) is -0.615. The first-order chi connectivity index (χ1) is 9.61. The van der Waals surface area contributed by atoms with Crippen LogP contribution in [0.1, 0.15) is 28.4 Å². The highest BCUT2D eigenvalue weighted by molar-refractivity contribution is 5.34. The molecule has 0 spiro atoms. The lowest BCUT2D eigenvalue weighted by Gasteiger charge is -2.12. The number of hydrogen-bond acceptors (Lipinski definition) is 2. The van der Waals surface area contributed by atoms with E-state index >= 15 is 0 Å². The standard InChI is InChI=1S/C16H14F2O2/c17-14-3-10(4-15(18)7-14)5-16(19)11-1-2-12-8-20-9-13(12)6-11/h1-4,6-7,16,19H,5,8-9H2. The minimum absolute atomic E-state index is 0.175. The van der Waals surface area contributed by atoms with Crippen molar-refractivity contribution < 1.29 is 18.6 Å². The molecule has 0 saturated carbocycles. The molecule has 3 rings (SSSR count). The molecule has 1 unspecified atom stereocenters. The monoisotopic (exact) mass is 276 g/mol. The molecule has 20 heavy (non-hydrogen) atoms. The smallest absolute Gasteiger partial charge is 0.126 e. The fourth-order valence-electron chi connectivity index (χ4n) is 2.47. The van der Waals surface area contributed by atoms with E-state index in [1.807, 2.05) is 18.2 Å². The molecule has 0 radical (unpaired) electrons. The molecule has 2 aromatic rings. The Morgan fingerprint density at radius 3 is 2.45 bits per heavy atom. The van der Waals surface area contributed by atoms with Crippen molar-refractivity contribution in [3.8, 4) is 0 Å². The van der Waals surface area contributed by atoms with Crippen LogP contribution >= 0.6 is 0 Å². The Hall–Kier alpha value is -1.78. The van der Waals surface area contributed by atoms with E-state index in [9.17, 15) is 13.9 Å². The van der Waals surface area contributed by atoms with E-state index in [0.717, 1.165) is 22.8 Å². The molecule has 0 amide bonds. The van der Waals surface area contributed by atoms with Crippen LogP contribution in [0, 0.1) is 11.6 Å². The minimum atomic E-state index is -0.790. The van der Waals surface area contributed by atoms with Crippen molar-refractivity contribution in [3.05, 3.63) is 70.3 Å². The average Bonchev–Trinajstić information content (AvgIpc) is 2.84. The van der Waals surface area contributed by atoms with Gasteiger partial charge in [-0.05, 0) is 34.4 Å². The van der Waals surface area contributed by atoms with Crippen LogP contribution in [0.5, 0.6) is 0 Å². The Bertz CT molecular complexity index is 620. The van der Waals surface area contributed by atoms with Gasteiger partial charge in [-0.3, -0.25) is 0 Å². The first-order valence-corrected chi connectivity index (χ1v) is 6.44. The number of rotatable bonds is 3. The summed E-state index contributed by atoms with van der Waals surface area (Å²) in [4.78, 5) is 0. The minimum Gasteiger partial charge on any atom is -0.388 e. The molecule has 0 aliphatic carbocycles. The predicted octanol–water partition coefficient (Wildman–Crippen LogP) is 3.27. The third-order valence-corrected chi connectivity index (χ3v) is 3.48. The van der Waals surface area contributed by atoms with Gasteiger partial charge < -0.3 is 9.84 Å². The van der Waals surface area contributed by atoms with Gasteiger partial charge in [0.15, 0.2) is 0 Å². The van der Waals surface area contributed by atoms with Crippen LogP contribution in [-0.2, 0) is 24.4 Å². The summed E-state index contributed by atoms with van der Waals surface area (Å²) in [6, 6.07) is 8.94. The lowest BCUT2D eigenvalue weighted by Crippen LogP contribution is -2.03. The van der Waals surface area contributed by atoms with Crippen molar-refractivity contribution >= 4 is 0 Å². The summed E-state index contributed by atoms with van der Waals surface area (Å²) in [6.45, 7) is 1.14. The number of hydrogen-bond donors (Lipinski definition) is 1. The second-order valence-corrected chi connectivity index (χ2v) is 5.02. The predicted molar refractivity (Wildman–Crippen MR) is 70.0 cm³/mol. The highest BCUT2D eigenvalue weighted by Gasteiger charge is 2.15. The Balaban J connectivity index is 1.80. The van der Waals surface area contributed by atoms with Crippen LogP contribution in [0.25, 0.3) is 0 Å². The largest absolute Gasteiger partial charge is 0.388 e. The van der Waals surface area contributed by atoms with E-state index in [-0.39, 0.29) is 6.42 Å². The van der Waals surface area contributed by atoms with Crippen LogP contribution in [0.4, 0.5) is 8.78 Å². The summed E-state index contributed by atoms with van der Waals surface area (Å²) in [5, 5.41) is 10.2. The normalized spacial score (nSPS) is 15.2. The lowest BCUT2D eigenvalue weighted by molar-refractivity contribution is 0.134. The molecule has 2 aromatic carbocycles. The van der Waals surface area contributed by atoms with Crippen LogP contribution in [0.15, 0.2) is 36.4 Å². The van der Waals surface area contributed by atoms with Crippen molar-refractivity contribution in [2.45, 2.75) is 25.7 Å². The van der Waals surface area contributed by atoms with Crippen LogP contribution < -0.4 is 0 Å². The quantitative estimate of drug-likeness (QED) is 0.932. The fourth-order valence-corrected chi connectivity index (χ4v) is 2.47. The van der Waals surface area contributed by atoms with Crippen molar-refractivity contribution in [3.63, 3.8) is 0 Å². The maximum atomic E-state index is 13.1. The lowest BCUT2D eigenvalue weighted by atomic mass is 9.98. The van der Waals surface area contributed by atoms with E-state index < -0.39 is 17.7 Å². The van der Waals surface area contributed by atoms with Gasteiger partial charge >= 0.3 is 0 Å². The molecule has 1 N–H and O–H groups in total. The maximum Gasteiger partial charge on any atom is 0.126 e. The molecule has 0 bridgehead atoms. The van der Waals surface area contributed by atoms with Crippen molar-refractivity contribution in [1.82, 2.24) is 0 Å². The van der Waals surface area contributed by atoms with Gasteiger partial charge in [0, 0.05) is 12.5 Å². The van der Waals surface area contributed by atoms with E-state index in [1.165, 1.54) is 12.1 Å². The molecule has 1 aliphatic rings. The SMILES string of the molecule is OC(Cc1cc(F)cc(F)c1)c1ccc2c(c1)COC2. The zero-order chi connectivity index (χ0) is 14.1. The van der Waals surface area contributed by atoms with E-state index in [4.69, 9.17) is 4.74 Å². The van der Waals surface area contributed by atoms with Crippen molar-refractivity contribution in [2.24, 2.45) is 0 Å². The van der Waals surface area contributed by atoms with E-state index in [0.29, 0.717) is 18.8 Å². The first kappa shape index (κ1) is 13.2. The first-order valence-electron chi connectivity index (χ1n) is 6.44. The van der Waals surface area contributed by atoms with Crippen molar-refractivity contribution in [2.75, 3.05) is 0 Å². The van der Waals surface area contributed by atoms with Gasteiger partial charge in [0.2, 0.25) is 0 Å². The molecular weight excluding hydrogens is 262 g/mol. The number of benzene rings is 2. The third kappa shape index (κ3) is 2.71. The number of aliphatic hydroxyl groups is 1. The molecular formula is C16H14F2O2. The number of halogens is 2. The summed E-state index contributed by atoms with van der Waals surface area (Å²) in [7, 11) is 0. The summed E-state index contributed by atoms with van der Waals surface area (Å²) in [5.41, 5.74) is 3.36. The highest BCUT2D eigenvalue weighted by atomic mass is 19.1. The zero-order valence-electron chi connectivity index (χ0n) is 10.8. The molecule has 1 heterocycles. The Kier molecular flexibility index (Phi) is 3.51. The summed E-state index contributed by atoms with van der Waals surface area (Å²) in [5.74, 6) is -1.26. The third-order valence-electron chi connectivity index (χ3n) is 3.48. The zero-order valence-corrected chi connectivity index (χ0v) is 10.8. The van der Waals surface area contributed by atoms with Gasteiger partial charge in [-0.25, -0.2) is 8.78 Å². The molecule has 104 valence electrons. The van der Waals surface area contributed by atoms with Crippen molar-refractivity contribution in [1.29, 1.82) is 0 Å². The van der Waals surface area contributed by atoms with Gasteiger partial charge in [-0.1, -0.05) is 18.2 Å². The Morgan fingerprint density at radius 1 is 1.00 bits per heavy atom. The number of ether oxygens (including phenoxy) is 1. The Labute approximate surface area is 115 Å². The fraction of sp³-hybridized carbons (Fsp3) is 0.250. The number of fused-ring (bicyclic) bond motifs is 1. The topological polar surface area (TPSA) is 29.5 Å². The molecule has 2 nitrogen and oxygen atoms in total. The Morgan fingerprint density at radius 2 is 1.70 bits per heavy atom. The van der Waals surface area contributed by atoms with Gasteiger partial charge in [0.25, 0.3) is 0 Å². The number of aliphatic hydroxyl groups excluding tert-OH is 1. The highest BCUT2D eigenvalue weighted by Crippen LogP contribution is 2.26. The summed E-state index contributed by atoms with van der Waals surface area (Å²) < 4.78 is 31.6. The molecule has 1 aliphatic heterocycles. The second-order valence-electron chi connectivity index (χ2n) is 5.02. The van der Waals surface area contributed by atoms with Crippen LogP contribution in [0.2, 0.25) is 0 Å².